The van der Waals surface area contributed by atoms with Crippen molar-refractivity contribution < 1.29 is 14.3 Å². The third-order valence-corrected chi connectivity index (χ3v) is 7.41. The summed E-state index contributed by atoms with van der Waals surface area (Å²) in [7, 11) is 3.26. The van der Waals surface area contributed by atoms with Crippen molar-refractivity contribution in [2.75, 3.05) is 19.5 Å². The molecule has 0 fully saturated rings. The largest absolute Gasteiger partial charge is 0.497 e. The van der Waals surface area contributed by atoms with Gasteiger partial charge in [-0.05, 0) is 36.5 Å². The van der Waals surface area contributed by atoms with Gasteiger partial charge in [0.05, 0.1) is 14.2 Å². The smallest absolute Gasteiger partial charge is 0.227 e. The molecule has 1 aliphatic heterocycles. The highest BCUT2D eigenvalue weighted by Crippen LogP contribution is 2.47. The first-order valence-corrected chi connectivity index (χ1v) is 12.7. The molecule has 35 heavy (non-hydrogen) atoms. The molecule has 0 saturated heterocycles. The number of carbonyl (C=O) groups excluding carboxylic acids is 1. The molecule has 1 aromatic heterocycles. The topological polar surface area (TPSA) is 78.3 Å². The van der Waals surface area contributed by atoms with E-state index in [1.54, 1.807) is 26.0 Å². The van der Waals surface area contributed by atoms with Gasteiger partial charge in [-0.15, -0.1) is 5.10 Å². The van der Waals surface area contributed by atoms with E-state index in [1.807, 2.05) is 22.9 Å². The predicted octanol–water partition coefficient (Wildman–Crippen LogP) is 5.55. The first-order chi connectivity index (χ1) is 16.8. The monoisotopic (exact) mass is 490 g/mol. The average Bonchev–Trinajstić information content (AvgIpc) is 3.23. The third-order valence-electron chi connectivity index (χ3n) is 6.50. The van der Waals surface area contributed by atoms with Crippen LogP contribution in [0.1, 0.15) is 49.4 Å². The number of allylic oxidation sites excluding steroid dienone is 2. The maximum absolute atomic E-state index is 13.5. The molecule has 5 rings (SSSR count). The van der Waals surface area contributed by atoms with Crippen LogP contribution in [0.15, 0.2) is 58.9 Å². The molecule has 7 nitrogen and oxygen atoms in total. The lowest BCUT2D eigenvalue weighted by Crippen LogP contribution is -2.36. The second-order valence-electron chi connectivity index (χ2n) is 9.91. The maximum Gasteiger partial charge on any atom is 0.227 e. The van der Waals surface area contributed by atoms with Gasteiger partial charge in [0, 0.05) is 35.1 Å². The van der Waals surface area contributed by atoms with Crippen molar-refractivity contribution in [2.24, 2.45) is 5.41 Å². The number of thioether (sulfide) groups is 1. The standard InChI is InChI=1S/C27H30N4O3S/c1-16-7-6-8-17(11-16)15-35-26-29-25-28-20-13-27(2,3)14-21(32)23(20)24(31(25)30-26)19-10-9-18(33-4)12-22(19)34-5/h6-12,24H,13-15H2,1-5H3,(H,28,29,30)/t24-/m0/s1. The third kappa shape index (κ3) is 4.55. The Bertz CT molecular complexity index is 1330. The fraction of sp³-hybridized carbons (Fsp3) is 0.370. The van der Waals surface area contributed by atoms with Crippen LogP contribution in [0, 0.1) is 12.3 Å². The number of fused-ring (bicyclic) bond motifs is 1. The summed E-state index contributed by atoms with van der Waals surface area (Å²) >= 11 is 1.59. The number of benzene rings is 2. The van der Waals surface area contributed by atoms with Crippen LogP contribution in [0.25, 0.3) is 0 Å². The fourth-order valence-electron chi connectivity index (χ4n) is 4.93. The minimum atomic E-state index is -0.425. The van der Waals surface area contributed by atoms with Gasteiger partial charge < -0.3 is 14.8 Å². The number of nitrogens with one attached hydrogen (secondary N) is 1. The van der Waals surface area contributed by atoms with Crippen molar-refractivity contribution in [3.05, 3.63) is 70.4 Å². The van der Waals surface area contributed by atoms with Gasteiger partial charge in [-0.25, -0.2) is 4.68 Å². The number of Topliss-reactive ketones (excluding diaryl/α,β-unsaturated/α-hetero) is 1. The number of anilines is 1. The number of ketones is 1. The SMILES string of the molecule is COc1ccc([C@H]2C3=C(CC(C)(C)CC3=O)Nc3nc(SCc4cccc(C)c4)nn32)c(OC)c1. The number of nitrogens with zero attached hydrogens (tertiary/aromatic N) is 3. The van der Waals surface area contributed by atoms with Crippen molar-refractivity contribution in [1.82, 2.24) is 14.8 Å². The lowest BCUT2D eigenvalue weighted by molar-refractivity contribution is -0.118. The quantitative estimate of drug-likeness (QED) is 0.454. The van der Waals surface area contributed by atoms with E-state index in [1.165, 1.54) is 11.1 Å². The van der Waals surface area contributed by atoms with Crippen LogP contribution in [-0.4, -0.2) is 34.8 Å². The van der Waals surface area contributed by atoms with Gasteiger partial charge >= 0.3 is 0 Å². The Labute approximate surface area is 209 Å². The minimum Gasteiger partial charge on any atom is -0.497 e. The van der Waals surface area contributed by atoms with E-state index in [4.69, 9.17) is 19.6 Å². The fourth-order valence-corrected chi connectivity index (χ4v) is 5.70. The number of hydrogen-bond acceptors (Lipinski definition) is 7. The summed E-state index contributed by atoms with van der Waals surface area (Å²) in [5, 5.41) is 8.97. The van der Waals surface area contributed by atoms with Crippen LogP contribution in [0.3, 0.4) is 0 Å². The zero-order valence-corrected chi connectivity index (χ0v) is 21.5. The number of hydrogen-bond donors (Lipinski definition) is 1. The highest BCUT2D eigenvalue weighted by molar-refractivity contribution is 7.98. The molecule has 8 heteroatoms. The highest BCUT2D eigenvalue weighted by atomic mass is 32.2. The normalized spacial score (nSPS) is 18.5. The molecule has 182 valence electrons. The van der Waals surface area contributed by atoms with E-state index < -0.39 is 6.04 Å². The van der Waals surface area contributed by atoms with Crippen LogP contribution in [0.4, 0.5) is 5.95 Å². The summed E-state index contributed by atoms with van der Waals surface area (Å²) in [6, 6.07) is 13.7. The number of aromatic nitrogens is 3. The van der Waals surface area contributed by atoms with E-state index in [-0.39, 0.29) is 11.2 Å². The Hall–Kier alpha value is -3.26. The van der Waals surface area contributed by atoms with E-state index >= 15 is 0 Å². The van der Waals surface area contributed by atoms with Crippen molar-refractivity contribution >= 4 is 23.5 Å². The van der Waals surface area contributed by atoms with E-state index in [0.717, 1.165) is 29.0 Å². The predicted molar refractivity (Wildman–Crippen MR) is 137 cm³/mol. The summed E-state index contributed by atoms with van der Waals surface area (Å²) in [5.74, 6) is 2.88. The molecule has 1 atom stereocenters. The first kappa shape index (κ1) is 23.5. The molecule has 1 aliphatic carbocycles. The van der Waals surface area contributed by atoms with Crippen LogP contribution in [-0.2, 0) is 10.5 Å². The second kappa shape index (κ2) is 9.07. The summed E-state index contributed by atoms with van der Waals surface area (Å²) in [4.78, 5) is 18.3. The first-order valence-electron chi connectivity index (χ1n) is 11.7. The summed E-state index contributed by atoms with van der Waals surface area (Å²) < 4.78 is 13.0. The zero-order valence-electron chi connectivity index (χ0n) is 20.7. The highest BCUT2D eigenvalue weighted by Gasteiger charge is 2.42. The number of rotatable bonds is 6. The molecule has 0 radical (unpaired) electrons. The lowest BCUT2D eigenvalue weighted by atomic mass is 9.73. The molecule has 2 aliphatic rings. The van der Waals surface area contributed by atoms with Crippen molar-refractivity contribution in [3.63, 3.8) is 0 Å². The molecule has 0 bridgehead atoms. The van der Waals surface area contributed by atoms with E-state index in [2.05, 4.69) is 50.4 Å². The number of ether oxygens (including phenoxy) is 2. The molecule has 0 saturated carbocycles. The van der Waals surface area contributed by atoms with Crippen molar-refractivity contribution in [1.29, 1.82) is 0 Å². The Morgan fingerprint density at radius 3 is 2.71 bits per heavy atom. The van der Waals surface area contributed by atoms with Crippen molar-refractivity contribution in [2.45, 2.75) is 50.6 Å². The molecule has 0 spiro atoms. The zero-order chi connectivity index (χ0) is 24.7. The Balaban J connectivity index is 1.57. The van der Waals surface area contributed by atoms with E-state index in [9.17, 15) is 4.79 Å². The van der Waals surface area contributed by atoms with Gasteiger partial charge in [0.1, 0.15) is 17.5 Å². The van der Waals surface area contributed by atoms with Gasteiger partial charge in [-0.1, -0.05) is 55.4 Å². The van der Waals surface area contributed by atoms with E-state index in [0.29, 0.717) is 29.0 Å². The average molecular weight is 491 g/mol. The lowest BCUT2D eigenvalue weighted by Gasteiger charge is -2.38. The number of aryl methyl sites for hydroxylation is 1. The van der Waals surface area contributed by atoms with Crippen LogP contribution in [0.2, 0.25) is 0 Å². The van der Waals surface area contributed by atoms with Gasteiger partial charge in [0.15, 0.2) is 5.78 Å². The van der Waals surface area contributed by atoms with Crippen LogP contribution < -0.4 is 14.8 Å². The van der Waals surface area contributed by atoms with Gasteiger partial charge in [0.25, 0.3) is 0 Å². The Morgan fingerprint density at radius 1 is 1.14 bits per heavy atom. The van der Waals surface area contributed by atoms with Gasteiger partial charge in [-0.3, -0.25) is 4.79 Å². The summed E-state index contributed by atoms with van der Waals surface area (Å²) in [5.41, 5.74) is 4.84. The summed E-state index contributed by atoms with van der Waals surface area (Å²) in [6.45, 7) is 6.34. The number of methoxy groups -OCH3 is 2. The maximum atomic E-state index is 13.5. The molecule has 0 amide bonds. The van der Waals surface area contributed by atoms with Crippen molar-refractivity contribution in [3.8, 4) is 11.5 Å². The molecule has 2 heterocycles. The molecule has 2 aromatic carbocycles. The molecular weight excluding hydrogens is 460 g/mol. The summed E-state index contributed by atoms with van der Waals surface area (Å²) in [6.07, 6.45) is 1.25. The minimum absolute atomic E-state index is 0.123. The van der Waals surface area contributed by atoms with Gasteiger partial charge in [0.2, 0.25) is 11.1 Å². The van der Waals surface area contributed by atoms with Crippen LogP contribution >= 0.6 is 11.8 Å². The molecule has 1 N–H and O–H groups in total. The Kier molecular flexibility index (Phi) is 6.09. The Morgan fingerprint density at radius 2 is 1.97 bits per heavy atom. The molecule has 3 aromatic rings. The number of carbonyl (C=O) groups is 1. The van der Waals surface area contributed by atoms with Gasteiger partial charge in [-0.2, -0.15) is 4.98 Å². The molecule has 0 unspecified atom stereocenters. The van der Waals surface area contributed by atoms with Crippen LogP contribution in [0.5, 0.6) is 11.5 Å². The second-order valence-corrected chi connectivity index (χ2v) is 10.9. The molecular formula is C27H30N4O3S.